The summed E-state index contributed by atoms with van der Waals surface area (Å²) >= 11 is 3.42. The first-order valence-electron chi connectivity index (χ1n) is 13.6. The van der Waals surface area contributed by atoms with E-state index in [4.69, 9.17) is 4.74 Å². The molecule has 8 nitrogen and oxygen atoms in total. The largest absolute Gasteiger partial charge is 0.497 e. The zero-order valence-electron chi connectivity index (χ0n) is 24.1. The summed E-state index contributed by atoms with van der Waals surface area (Å²) in [6.07, 6.45) is 1.08. The maximum atomic E-state index is 14.2. The first kappa shape index (κ1) is 32.1. The van der Waals surface area contributed by atoms with E-state index in [-0.39, 0.29) is 23.4 Å². The number of hydrogen-bond acceptors (Lipinski definition) is 5. The van der Waals surface area contributed by atoms with Crippen molar-refractivity contribution in [2.45, 2.75) is 64.1 Å². The van der Waals surface area contributed by atoms with Gasteiger partial charge in [-0.15, -0.1) is 0 Å². The van der Waals surface area contributed by atoms with E-state index >= 15 is 0 Å². The molecule has 0 heterocycles. The highest BCUT2D eigenvalue weighted by molar-refractivity contribution is 9.10. The summed E-state index contributed by atoms with van der Waals surface area (Å²) in [5.74, 6) is -0.173. The molecule has 220 valence electrons. The van der Waals surface area contributed by atoms with Gasteiger partial charge < -0.3 is 15.0 Å². The van der Waals surface area contributed by atoms with Crippen molar-refractivity contribution in [1.29, 1.82) is 0 Å². The van der Waals surface area contributed by atoms with E-state index in [2.05, 4.69) is 21.2 Å². The Hall–Kier alpha value is -3.37. The third-order valence-corrected chi connectivity index (χ3v) is 9.14. The SMILES string of the molecule is CC[C@@H](C)NC(=O)[C@@H](CC)N(Cc1cccc(OC)c1)C(=O)CN(c1cccc(Br)c1)S(=O)(=O)c1ccc(C)cc1. The van der Waals surface area contributed by atoms with E-state index in [1.54, 1.807) is 55.6 Å². The van der Waals surface area contributed by atoms with Crippen molar-refractivity contribution in [3.05, 3.63) is 88.4 Å². The van der Waals surface area contributed by atoms with Crippen LogP contribution in [0.4, 0.5) is 5.69 Å². The number of aryl methyl sites for hydroxylation is 1. The lowest BCUT2D eigenvalue weighted by Gasteiger charge is -2.33. The van der Waals surface area contributed by atoms with Gasteiger partial charge in [0.2, 0.25) is 11.8 Å². The van der Waals surface area contributed by atoms with Gasteiger partial charge in [0.1, 0.15) is 18.3 Å². The molecule has 2 amide bonds. The highest BCUT2D eigenvalue weighted by Crippen LogP contribution is 2.27. The van der Waals surface area contributed by atoms with E-state index in [9.17, 15) is 18.0 Å². The maximum absolute atomic E-state index is 14.2. The van der Waals surface area contributed by atoms with E-state index < -0.39 is 28.5 Å². The normalized spacial score (nSPS) is 12.7. The van der Waals surface area contributed by atoms with Crippen LogP contribution in [0.2, 0.25) is 0 Å². The molecule has 10 heteroatoms. The Labute approximate surface area is 251 Å². The van der Waals surface area contributed by atoms with E-state index in [0.717, 1.165) is 21.9 Å². The number of carbonyl (C=O) groups excluding carboxylic acids is 2. The third kappa shape index (κ3) is 8.33. The first-order chi connectivity index (χ1) is 19.5. The molecule has 0 radical (unpaired) electrons. The third-order valence-electron chi connectivity index (χ3n) is 6.86. The van der Waals surface area contributed by atoms with Crippen LogP contribution >= 0.6 is 15.9 Å². The van der Waals surface area contributed by atoms with Gasteiger partial charge in [-0.2, -0.15) is 0 Å². The monoisotopic (exact) mass is 643 g/mol. The molecule has 2 atom stereocenters. The Morgan fingerprint density at radius 2 is 1.66 bits per heavy atom. The maximum Gasteiger partial charge on any atom is 0.264 e. The number of methoxy groups -OCH3 is 1. The lowest BCUT2D eigenvalue weighted by Crippen LogP contribution is -2.53. The van der Waals surface area contributed by atoms with Crippen molar-refractivity contribution in [1.82, 2.24) is 10.2 Å². The second kappa shape index (κ2) is 14.5. The van der Waals surface area contributed by atoms with E-state index in [0.29, 0.717) is 22.3 Å². The smallest absolute Gasteiger partial charge is 0.264 e. The molecule has 0 aromatic heterocycles. The average Bonchev–Trinajstić information content (AvgIpc) is 2.95. The van der Waals surface area contributed by atoms with Crippen LogP contribution in [0.25, 0.3) is 0 Å². The predicted octanol–water partition coefficient (Wildman–Crippen LogP) is 5.68. The van der Waals surface area contributed by atoms with Gasteiger partial charge >= 0.3 is 0 Å². The number of sulfonamides is 1. The topological polar surface area (TPSA) is 96.0 Å². The lowest BCUT2D eigenvalue weighted by molar-refractivity contribution is -0.140. The number of carbonyl (C=O) groups is 2. The summed E-state index contributed by atoms with van der Waals surface area (Å²) in [5.41, 5.74) is 1.99. The Balaban J connectivity index is 2.07. The van der Waals surface area contributed by atoms with Crippen molar-refractivity contribution in [3.8, 4) is 5.75 Å². The number of rotatable bonds is 13. The minimum atomic E-state index is -4.13. The Morgan fingerprint density at radius 3 is 2.27 bits per heavy atom. The Bertz CT molecular complexity index is 1450. The molecular weight excluding hydrogens is 606 g/mol. The Kier molecular flexibility index (Phi) is 11.4. The van der Waals surface area contributed by atoms with Gasteiger partial charge in [0.15, 0.2) is 0 Å². The van der Waals surface area contributed by atoms with Gasteiger partial charge in [-0.05, 0) is 74.7 Å². The first-order valence-corrected chi connectivity index (χ1v) is 15.8. The standard InChI is InChI=1S/C31H38BrN3O5S/c1-6-23(4)33-31(37)29(7-2)34(20-24-10-8-13-27(18-24)40-5)30(36)21-35(26-12-9-11-25(32)19-26)41(38,39)28-16-14-22(3)15-17-28/h8-19,23,29H,6-7,20-21H2,1-5H3,(H,33,37)/t23-,29-/m1/s1. The summed E-state index contributed by atoms with van der Waals surface area (Å²) in [6, 6.07) is 19.6. The van der Waals surface area contributed by atoms with Crippen LogP contribution in [0, 0.1) is 6.92 Å². The van der Waals surface area contributed by atoms with Gasteiger partial charge in [0.05, 0.1) is 17.7 Å². The quantitative estimate of drug-likeness (QED) is 0.258. The van der Waals surface area contributed by atoms with E-state index in [1.165, 1.54) is 17.0 Å². The minimum Gasteiger partial charge on any atom is -0.497 e. The lowest BCUT2D eigenvalue weighted by atomic mass is 10.1. The summed E-state index contributed by atoms with van der Waals surface area (Å²) in [4.78, 5) is 29.1. The molecule has 0 aliphatic heterocycles. The molecule has 0 spiro atoms. The van der Waals surface area contributed by atoms with Gasteiger partial charge in [-0.1, -0.05) is 65.7 Å². The number of nitrogens with one attached hydrogen (secondary N) is 1. The van der Waals surface area contributed by atoms with Gasteiger partial charge in [0.25, 0.3) is 10.0 Å². The Morgan fingerprint density at radius 1 is 0.976 bits per heavy atom. The molecule has 0 fully saturated rings. The molecule has 0 unspecified atom stereocenters. The molecule has 0 bridgehead atoms. The highest BCUT2D eigenvalue weighted by Gasteiger charge is 2.34. The molecule has 1 N–H and O–H groups in total. The predicted molar refractivity (Wildman–Crippen MR) is 165 cm³/mol. The summed E-state index contributed by atoms with van der Waals surface area (Å²) in [6.45, 7) is 7.18. The molecule has 0 saturated carbocycles. The summed E-state index contributed by atoms with van der Waals surface area (Å²) in [5, 5.41) is 2.98. The molecule has 3 aromatic carbocycles. The molecule has 3 aromatic rings. The van der Waals surface area contributed by atoms with Crippen molar-refractivity contribution in [2.24, 2.45) is 0 Å². The second-order valence-electron chi connectivity index (χ2n) is 9.92. The minimum absolute atomic E-state index is 0.0665. The molecule has 41 heavy (non-hydrogen) atoms. The summed E-state index contributed by atoms with van der Waals surface area (Å²) in [7, 11) is -2.57. The van der Waals surface area contributed by atoms with Crippen LogP contribution in [-0.2, 0) is 26.2 Å². The van der Waals surface area contributed by atoms with E-state index in [1.807, 2.05) is 39.8 Å². The highest BCUT2D eigenvalue weighted by atomic mass is 79.9. The van der Waals surface area contributed by atoms with Gasteiger partial charge in [0, 0.05) is 17.1 Å². The van der Waals surface area contributed by atoms with Crippen LogP contribution in [0.5, 0.6) is 5.75 Å². The number of halogens is 1. The molecule has 0 aliphatic carbocycles. The van der Waals surface area contributed by atoms with Crippen molar-refractivity contribution in [2.75, 3.05) is 18.0 Å². The zero-order valence-corrected chi connectivity index (χ0v) is 26.5. The van der Waals surface area contributed by atoms with Gasteiger partial charge in [-0.25, -0.2) is 8.42 Å². The van der Waals surface area contributed by atoms with Crippen molar-refractivity contribution < 1.29 is 22.7 Å². The van der Waals surface area contributed by atoms with Crippen molar-refractivity contribution >= 4 is 43.5 Å². The van der Waals surface area contributed by atoms with Crippen LogP contribution in [0.15, 0.2) is 82.2 Å². The molecule has 0 saturated heterocycles. The molecular formula is C31H38BrN3O5S. The van der Waals surface area contributed by atoms with Crippen molar-refractivity contribution in [3.63, 3.8) is 0 Å². The van der Waals surface area contributed by atoms with Crippen LogP contribution < -0.4 is 14.4 Å². The number of hydrogen-bond donors (Lipinski definition) is 1. The second-order valence-corrected chi connectivity index (χ2v) is 12.7. The number of amides is 2. The van der Waals surface area contributed by atoms with Crippen LogP contribution in [0.3, 0.4) is 0 Å². The van der Waals surface area contributed by atoms with Crippen LogP contribution in [-0.4, -0.2) is 50.9 Å². The fourth-order valence-corrected chi connectivity index (χ4v) is 6.12. The number of nitrogens with zero attached hydrogens (tertiary/aromatic N) is 2. The fraction of sp³-hybridized carbons (Fsp3) is 0.355. The summed E-state index contributed by atoms with van der Waals surface area (Å²) < 4.78 is 35.0. The molecule has 3 rings (SSSR count). The number of benzene rings is 3. The fourth-order valence-electron chi connectivity index (χ4n) is 4.33. The zero-order chi connectivity index (χ0) is 30.2. The van der Waals surface area contributed by atoms with Crippen LogP contribution in [0.1, 0.15) is 44.7 Å². The number of ether oxygens (including phenoxy) is 1. The average molecular weight is 645 g/mol. The number of anilines is 1. The molecule has 0 aliphatic rings. The van der Waals surface area contributed by atoms with Gasteiger partial charge in [-0.3, -0.25) is 13.9 Å².